The summed E-state index contributed by atoms with van der Waals surface area (Å²) < 4.78 is 5.97. The predicted octanol–water partition coefficient (Wildman–Crippen LogP) is 25.1. The van der Waals surface area contributed by atoms with Gasteiger partial charge in [0, 0.05) is 117 Å². The van der Waals surface area contributed by atoms with E-state index in [1.165, 1.54) is 87.6 Å². The smallest absolute Gasteiger partial charge is 0.261 e. The van der Waals surface area contributed by atoms with Crippen LogP contribution >= 0.6 is 104 Å². The Balaban J connectivity index is 0.000000152. The first-order chi connectivity index (χ1) is 56.0. The van der Waals surface area contributed by atoms with Gasteiger partial charge in [-0.15, -0.1) is 34.0 Å². The minimum Gasteiger partial charge on any atom is -0.351 e. The van der Waals surface area contributed by atoms with Crippen LogP contribution in [0.25, 0.3) is 99.9 Å². The van der Waals surface area contributed by atoms with Crippen LogP contribution in [-0.2, 0) is 14.4 Å². The average molecular weight is 1730 g/mol. The number of thiophene rings is 3. The number of amides is 3. The summed E-state index contributed by atoms with van der Waals surface area (Å²) in [6.07, 6.45) is 0.954. The summed E-state index contributed by atoms with van der Waals surface area (Å²) in [6, 6.07) is 71.7. The molecule has 3 unspecified atom stereocenters. The van der Waals surface area contributed by atoms with E-state index in [2.05, 4.69) is 185 Å². The molecule has 6 heterocycles. The van der Waals surface area contributed by atoms with Crippen LogP contribution in [-0.4, -0.2) is 84.0 Å². The van der Waals surface area contributed by atoms with Gasteiger partial charge in [-0.25, -0.2) is 0 Å². The predicted molar refractivity (Wildman–Crippen MR) is 483 cm³/mol. The fourth-order valence-electron chi connectivity index (χ4n) is 13.6. The molecule has 3 atom stereocenters. The average Bonchev–Trinajstić information content (AvgIpc) is 1.62. The molecule has 594 valence electrons. The minimum absolute atomic E-state index is 0.0441. The van der Waals surface area contributed by atoms with Gasteiger partial charge >= 0.3 is 0 Å². The third-order valence-corrected chi connectivity index (χ3v) is 24.8. The molecule has 3 N–H and O–H groups in total. The van der Waals surface area contributed by atoms with Crippen molar-refractivity contribution < 1.29 is 28.8 Å². The largest absolute Gasteiger partial charge is 0.351 e. The lowest BCUT2D eigenvalue weighted by Crippen LogP contribution is -2.24. The first-order valence-electron chi connectivity index (χ1n) is 37.9. The Morgan fingerprint density at radius 3 is 0.795 bits per heavy atom. The lowest BCUT2D eigenvalue weighted by molar-refractivity contribution is -0.117. The summed E-state index contributed by atoms with van der Waals surface area (Å²) in [5.74, 6) is -0.411. The van der Waals surface area contributed by atoms with Crippen molar-refractivity contribution in [3.8, 4) is 67.5 Å². The van der Waals surface area contributed by atoms with Gasteiger partial charge in [0.05, 0.1) is 66.9 Å². The second kappa shape index (κ2) is 37.5. The van der Waals surface area contributed by atoms with Crippen molar-refractivity contribution in [2.75, 3.05) is 19.6 Å². The number of ketones is 3. The molecule has 15 nitrogen and oxygen atoms in total. The fourth-order valence-corrected chi connectivity index (χ4v) is 18.1. The van der Waals surface area contributed by atoms with Crippen molar-refractivity contribution in [1.29, 1.82) is 0 Å². The molecular weight excluding hydrogens is 1650 g/mol. The van der Waals surface area contributed by atoms with Crippen molar-refractivity contribution in [2.24, 2.45) is 0 Å². The van der Waals surface area contributed by atoms with E-state index >= 15 is 0 Å². The van der Waals surface area contributed by atoms with E-state index in [1.807, 2.05) is 86.8 Å². The Labute approximate surface area is 720 Å². The van der Waals surface area contributed by atoms with Gasteiger partial charge in [-0.3, -0.25) is 42.8 Å². The van der Waals surface area contributed by atoms with E-state index in [0.29, 0.717) is 83.7 Å². The van der Waals surface area contributed by atoms with Crippen LogP contribution in [0.15, 0.2) is 218 Å². The number of carbonyl (C=O) groups excluding carboxylic acids is 6. The highest BCUT2D eigenvalue weighted by Gasteiger charge is 2.26. The number of nitrogens with zero attached hydrogens (tertiary/aromatic N) is 6. The summed E-state index contributed by atoms with van der Waals surface area (Å²) >= 11 is 42.1. The molecule has 0 spiro atoms. The van der Waals surface area contributed by atoms with Crippen LogP contribution in [0.5, 0.6) is 0 Å². The molecule has 0 aliphatic rings. The Hall–Kier alpha value is -10.4. The number of aryl methyl sites for hydroxylation is 3. The molecule has 24 heteroatoms. The Bertz CT molecular complexity index is 5650. The van der Waals surface area contributed by atoms with Crippen molar-refractivity contribution in [3.05, 3.63) is 294 Å². The Morgan fingerprint density at radius 1 is 0.308 bits per heavy atom. The van der Waals surface area contributed by atoms with Gasteiger partial charge in [-0.1, -0.05) is 177 Å². The quantitative estimate of drug-likeness (QED) is 0.0528. The maximum Gasteiger partial charge on any atom is 0.261 e. The first kappa shape index (κ1) is 84.6. The molecule has 15 rings (SSSR count). The van der Waals surface area contributed by atoms with Gasteiger partial charge in [-0.2, -0.15) is 15.3 Å². The molecular formula is C93H81Cl6N9O6S3. The van der Waals surface area contributed by atoms with Gasteiger partial charge in [0.2, 0.25) is 0 Å². The number of hydrogen-bond donors (Lipinski definition) is 3. The SMILES string of the molecule is CC(=O)CCNC(=O)c1ccc(C(C)n2nc(-c3cc(Cl)cc(Cl)c3)cc2-c2ccc3cc(C)ccc3c2)s1.CC(=O)CCNC(=O)c1ccc(C(C)n2nc(-c3cc(Cl)cc(Cl)c3)cc2-c2ccc3cc(C)ccc3c2)s1.CC(=O)CCNC(=O)c1ccc(C(C)n2nc(-c3cc(Cl)cc(Cl)c3)cc2-c2ccc3cc(C)ccc3c2)s1. The first-order valence-corrected chi connectivity index (χ1v) is 42.6. The van der Waals surface area contributed by atoms with E-state index in [0.717, 1.165) is 98.3 Å². The molecule has 0 aliphatic carbocycles. The molecule has 0 bridgehead atoms. The number of nitrogens with one attached hydrogen (secondary N) is 3. The van der Waals surface area contributed by atoms with Crippen molar-refractivity contribution in [1.82, 2.24) is 45.3 Å². The number of aromatic nitrogens is 6. The zero-order chi connectivity index (χ0) is 83.0. The Morgan fingerprint density at radius 2 is 0.547 bits per heavy atom. The highest BCUT2D eigenvalue weighted by atomic mass is 35.5. The van der Waals surface area contributed by atoms with E-state index in [1.54, 1.807) is 18.2 Å². The number of halogens is 6. The lowest BCUT2D eigenvalue weighted by Gasteiger charge is -2.15. The normalized spacial score (nSPS) is 12.0. The fraction of sp³-hybridized carbons (Fsp3) is 0.194. The molecule has 9 aromatic carbocycles. The molecule has 6 aromatic heterocycles. The van der Waals surface area contributed by atoms with Crippen molar-refractivity contribution in [3.63, 3.8) is 0 Å². The number of hydrogen-bond acceptors (Lipinski definition) is 12. The van der Waals surface area contributed by atoms with Gasteiger partial charge in [-0.05, 0) is 222 Å². The van der Waals surface area contributed by atoms with E-state index in [-0.39, 0.29) is 53.2 Å². The highest BCUT2D eigenvalue weighted by molar-refractivity contribution is 7.14. The van der Waals surface area contributed by atoms with E-state index in [4.69, 9.17) is 84.9 Å². The Kier molecular flexibility index (Phi) is 27.1. The van der Waals surface area contributed by atoms with E-state index < -0.39 is 0 Å². The van der Waals surface area contributed by atoms with Crippen LogP contribution in [0.1, 0.15) is 139 Å². The number of benzene rings is 9. The minimum atomic E-state index is -0.181. The van der Waals surface area contributed by atoms with Gasteiger partial charge in [0.15, 0.2) is 0 Å². The van der Waals surface area contributed by atoms with Crippen LogP contribution < -0.4 is 16.0 Å². The molecule has 0 radical (unpaired) electrons. The maximum atomic E-state index is 12.6. The van der Waals surface area contributed by atoms with Crippen LogP contribution in [0.4, 0.5) is 0 Å². The summed E-state index contributed by atoms with van der Waals surface area (Å²) in [7, 11) is 0. The van der Waals surface area contributed by atoms with Crippen molar-refractivity contribution in [2.45, 2.75) is 99.7 Å². The van der Waals surface area contributed by atoms with E-state index in [9.17, 15) is 28.8 Å². The summed E-state index contributed by atoms with van der Waals surface area (Å²) in [4.78, 5) is 76.3. The van der Waals surface area contributed by atoms with Crippen LogP contribution in [0, 0.1) is 20.8 Å². The number of carbonyl (C=O) groups is 6. The molecule has 0 saturated heterocycles. The topological polar surface area (TPSA) is 192 Å². The second-order valence-electron chi connectivity index (χ2n) is 29.0. The standard InChI is InChI=1S/3C31H27Cl2N3O2S/c3*1-18-4-5-22-13-23(7-6-21(22)12-18)28-17-27(24-14-25(32)16-26(33)15-24)35-36(28)20(3)29-8-9-30(39-29)31(38)34-11-10-19(2)37/h3*4-9,12-17,20H,10-11H2,1-3H3,(H,34,38). The molecule has 3 amide bonds. The summed E-state index contributed by atoms with van der Waals surface area (Å²) in [5, 5.41) is 33.7. The summed E-state index contributed by atoms with van der Waals surface area (Å²) in [5.41, 5.74) is 14.3. The molecule has 0 aliphatic heterocycles. The van der Waals surface area contributed by atoms with Gasteiger partial charge in [0.25, 0.3) is 17.7 Å². The monoisotopic (exact) mass is 1730 g/mol. The van der Waals surface area contributed by atoms with Crippen LogP contribution in [0.2, 0.25) is 30.1 Å². The second-order valence-corrected chi connectivity index (χ2v) is 35.0. The third kappa shape index (κ3) is 21.0. The zero-order valence-electron chi connectivity index (χ0n) is 65.4. The molecule has 0 saturated carbocycles. The molecule has 15 aromatic rings. The lowest BCUT2D eigenvalue weighted by atomic mass is 10.0. The molecule has 117 heavy (non-hydrogen) atoms. The number of Topliss-reactive ketones (excluding diaryl/α,β-unsaturated/α-hetero) is 3. The number of fused-ring (bicyclic) bond motifs is 3. The summed E-state index contributed by atoms with van der Waals surface area (Å²) in [6.45, 7) is 18.0. The third-order valence-electron chi connectivity index (χ3n) is 19.7. The zero-order valence-corrected chi connectivity index (χ0v) is 72.4. The van der Waals surface area contributed by atoms with Gasteiger partial charge in [0.1, 0.15) is 17.3 Å². The van der Waals surface area contributed by atoms with Crippen molar-refractivity contribution >= 4 is 171 Å². The van der Waals surface area contributed by atoms with Crippen LogP contribution in [0.3, 0.4) is 0 Å². The number of rotatable bonds is 24. The molecule has 0 fully saturated rings. The maximum absolute atomic E-state index is 12.6. The van der Waals surface area contributed by atoms with Gasteiger partial charge < -0.3 is 16.0 Å². The highest BCUT2D eigenvalue weighted by Crippen LogP contribution is 2.41.